The van der Waals surface area contributed by atoms with Crippen molar-refractivity contribution in [2.24, 2.45) is 0 Å². The molecule has 0 bridgehead atoms. The third-order valence-electron chi connectivity index (χ3n) is 5.33. The zero-order valence-electron chi connectivity index (χ0n) is 16.4. The number of carbonyl (C=O) groups excluding carboxylic acids is 1. The molecule has 0 radical (unpaired) electrons. The molecule has 1 aromatic carbocycles. The van der Waals surface area contributed by atoms with Crippen molar-refractivity contribution < 1.29 is 17.9 Å². The van der Waals surface area contributed by atoms with E-state index in [-0.39, 0.29) is 54.0 Å². The van der Waals surface area contributed by atoms with Gasteiger partial charge in [-0.15, -0.1) is 0 Å². The first kappa shape index (κ1) is 23.6. The molecule has 166 valence electrons. The van der Waals surface area contributed by atoms with Gasteiger partial charge in [-0.05, 0) is 32.0 Å². The van der Waals surface area contributed by atoms with E-state index in [1.54, 1.807) is 4.90 Å². The summed E-state index contributed by atoms with van der Waals surface area (Å²) in [6, 6.07) is 2.66. The molecule has 2 aliphatic heterocycles. The second kappa shape index (κ2) is 10.1. The van der Waals surface area contributed by atoms with Crippen LogP contribution in [0.3, 0.4) is 0 Å². The summed E-state index contributed by atoms with van der Waals surface area (Å²) in [5.41, 5.74) is 0. The Morgan fingerprint density at radius 1 is 1.10 bits per heavy atom. The molecule has 0 aromatic heterocycles. The van der Waals surface area contributed by atoms with Gasteiger partial charge in [0.15, 0.2) is 6.61 Å². The molecule has 1 amide bonds. The molecule has 2 fully saturated rings. The Balaban J connectivity index is 1.70. The number of nitrogens with zero attached hydrogens (tertiary/aromatic N) is 3. The minimum absolute atomic E-state index is 0.212. The summed E-state index contributed by atoms with van der Waals surface area (Å²) in [6.45, 7) is 6.39. The number of hydrogen-bond acceptors (Lipinski definition) is 5. The van der Waals surface area contributed by atoms with E-state index >= 15 is 0 Å². The molecule has 2 saturated heterocycles. The number of likely N-dealkylation sites (tertiary alicyclic amines) is 1. The number of hydrogen-bond donors (Lipinski definition) is 0. The third kappa shape index (κ3) is 5.60. The highest BCUT2D eigenvalue weighted by molar-refractivity contribution is 7.92. The molecule has 1 aromatic rings. The summed E-state index contributed by atoms with van der Waals surface area (Å²) in [5.74, 6) is 0.0281. The summed E-state index contributed by atoms with van der Waals surface area (Å²) in [5, 5.41) is 1.78. The van der Waals surface area contributed by atoms with Crippen LogP contribution in [0.5, 0.6) is 5.75 Å². The van der Waals surface area contributed by atoms with Crippen LogP contribution < -0.4 is 4.74 Å². The molecule has 7 nitrogen and oxygen atoms in total. The van der Waals surface area contributed by atoms with E-state index in [9.17, 15) is 13.2 Å². The molecule has 0 N–H and O–H groups in total. The molecule has 1 atom stereocenters. The van der Waals surface area contributed by atoms with Crippen molar-refractivity contribution in [2.75, 3.05) is 45.9 Å². The zero-order valence-corrected chi connectivity index (χ0v) is 19.5. The predicted molar refractivity (Wildman–Crippen MR) is 119 cm³/mol. The highest BCUT2D eigenvalue weighted by Crippen LogP contribution is 2.34. The molecule has 0 saturated carbocycles. The maximum Gasteiger partial charge on any atom is 0.260 e. The largest absolute Gasteiger partial charge is 0.482 e. The Morgan fingerprint density at radius 3 is 2.43 bits per heavy atom. The molecular formula is C19H24Cl3N3O4S. The van der Waals surface area contributed by atoms with Gasteiger partial charge >= 0.3 is 0 Å². The molecule has 0 unspecified atom stereocenters. The molecule has 0 spiro atoms. The summed E-state index contributed by atoms with van der Waals surface area (Å²) in [7, 11) is -3.54. The van der Waals surface area contributed by atoms with Crippen LogP contribution in [-0.4, -0.2) is 80.3 Å². The van der Waals surface area contributed by atoms with Crippen LogP contribution in [0, 0.1) is 0 Å². The fourth-order valence-corrected chi connectivity index (χ4v) is 5.27. The van der Waals surface area contributed by atoms with E-state index in [1.807, 2.05) is 0 Å². The van der Waals surface area contributed by atoms with Crippen LogP contribution in [0.25, 0.3) is 0 Å². The maximum atomic E-state index is 12.9. The van der Waals surface area contributed by atoms with Gasteiger partial charge in [0.2, 0.25) is 10.0 Å². The molecule has 2 aliphatic rings. The number of halogens is 3. The van der Waals surface area contributed by atoms with Gasteiger partial charge in [-0.25, -0.2) is 8.42 Å². The molecule has 30 heavy (non-hydrogen) atoms. The smallest absolute Gasteiger partial charge is 0.260 e. The fourth-order valence-electron chi connectivity index (χ4n) is 3.75. The molecule has 2 heterocycles. The lowest BCUT2D eigenvalue weighted by Crippen LogP contribution is -2.60. The lowest BCUT2D eigenvalue weighted by Gasteiger charge is -2.41. The third-order valence-corrected chi connectivity index (χ3v) is 7.82. The number of carbonyl (C=O) groups is 1. The normalized spacial score (nSPS) is 21.0. The van der Waals surface area contributed by atoms with Crippen molar-refractivity contribution in [3.05, 3.63) is 39.2 Å². The van der Waals surface area contributed by atoms with Crippen molar-refractivity contribution in [3.8, 4) is 5.75 Å². The number of benzene rings is 1. The van der Waals surface area contributed by atoms with Crippen molar-refractivity contribution >= 4 is 50.7 Å². The highest BCUT2D eigenvalue weighted by atomic mass is 35.5. The van der Waals surface area contributed by atoms with E-state index in [2.05, 4.69) is 11.5 Å². The first-order chi connectivity index (χ1) is 14.2. The van der Waals surface area contributed by atoms with Crippen LogP contribution in [0.4, 0.5) is 0 Å². The lowest BCUT2D eigenvalue weighted by molar-refractivity contribution is -0.138. The summed E-state index contributed by atoms with van der Waals surface area (Å²) in [4.78, 5) is 16.9. The van der Waals surface area contributed by atoms with E-state index in [4.69, 9.17) is 39.5 Å². The molecule has 3 rings (SSSR count). The first-order valence-corrected chi connectivity index (χ1v) is 12.3. The minimum atomic E-state index is -3.54. The Hall–Kier alpha value is -1.03. The van der Waals surface area contributed by atoms with Crippen molar-refractivity contribution in [1.82, 2.24) is 14.1 Å². The second-order valence-corrected chi connectivity index (χ2v) is 10.4. The Kier molecular flexibility index (Phi) is 7.92. The molecular weight excluding hydrogens is 473 g/mol. The van der Waals surface area contributed by atoms with Crippen LogP contribution in [-0.2, 0) is 14.8 Å². The van der Waals surface area contributed by atoms with Crippen molar-refractivity contribution in [1.29, 1.82) is 0 Å². The molecule has 0 aliphatic carbocycles. The predicted octanol–water partition coefficient (Wildman–Crippen LogP) is 3.11. The molecule has 11 heteroatoms. The quantitative estimate of drug-likeness (QED) is 0.543. The van der Waals surface area contributed by atoms with Gasteiger partial charge in [0, 0.05) is 37.7 Å². The van der Waals surface area contributed by atoms with Crippen LogP contribution in [0.1, 0.15) is 12.8 Å². The number of piperazine rings is 1. The minimum Gasteiger partial charge on any atom is -0.482 e. The van der Waals surface area contributed by atoms with Gasteiger partial charge in [0.1, 0.15) is 5.75 Å². The average molecular weight is 497 g/mol. The summed E-state index contributed by atoms with van der Waals surface area (Å²) >= 11 is 18.0. The highest BCUT2D eigenvalue weighted by Gasteiger charge is 2.36. The van der Waals surface area contributed by atoms with Crippen LogP contribution in [0.15, 0.2) is 24.1 Å². The van der Waals surface area contributed by atoms with E-state index in [0.717, 1.165) is 31.3 Å². The lowest BCUT2D eigenvalue weighted by atomic mass is 10.1. The van der Waals surface area contributed by atoms with Gasteiger partial charge in [-0.1, -0.05) is 41.4 Å². The first-order valence-electron chi connectivity index (χ1n) is 9.63. The van der Waals surface area contributed by atoms with Crippen LogP contribution in [0.2, 0.25) is 15.1 Å². The Labute approximate surface area is 192 Å². The van der Waals surface area contributed by atoms with Gasteiger partial charge in [-0.3, -0.25) is 4.79 Å². The van der Waals surface area contributed by atoms with Gasteiger partial charge in [-0.2, -0.15) is 4.31 Å². The average Bonchev–Trinajstić information content (AvgIpc) is 3.22. The SMILES string of the molecule is C=CS(=O)(=O)N1CCN(C(=O)COc2cc(Cl)c(Cl)cc2Cl)[C@@H](CN2CCCC2)C1. The van der Waals surface area contributed by atoms with Gasteiger partial charge in [0.25, 0.3) is 5.91 Å². The monoisotopic (exact) mass is 495 g/mol. The van der Waals surface area contributed by atoms with Crippen molar-refractivity contribution in [2.45, 2.75) is 18.9 Å². The summed E-state index contributed by atoms with van der Waals surface area (Å²) < 4.78 is 31.5. The number of rotatable bonds is 7. The maximum absolute atomic E-state index is 12.9. The zero-order chi connectivity index (χ0) is 21.9. The van der Waals surface area contributed by atoms with Crippen LogP contribution >= 0.6 is 34.8 Å². The van der Waals surface area contributed by atoms with E-state index in [0.29, 0.717) is 11.6 Å². The number of sulfonamides is 1. The van der Waals surface area contributed by atoms with Gasteiger partial charge < -0.3 is 14.5 Å². The Morgan fingerprint density at radius 2 is 1.77 bits per heavy atom. The van der Waals surface area contributed by atoms with E-state index < -0.39 is 10.0 Å². The second-order valence-electron chi connectivity index (χ2n) is 7.30. The fraction of sp³-hybridized carbons (Fsp3) is 0.526. The Bertz CT molecular complexity index is 907. The van der Waals surface area contributed by atoms with Gasteiger partial charge in [0.05, 0.1) is 21.1 Å². The summed E-state index contributed by atoms with van der Waals surface area (Å²) in [6.07, 6.45) is 2.21. The topological polar surface area (TPSA) is 70.2 Å². The number of amides is 1. The van der Waals surface area contributed by atoms with E-state index in [1.165, 1.54) is 16.4 Å². The van der Waals surface area contributed by atoms with Crippen molar-refractivity contribution in [3.63, 3.8) is 0 Å². The number of ether oxygens (including phenoxy) is 1. The standard InChI is InChI=1S/C19H24Cl3N3O4S/c1-2-30(27,28)24-7-8-25(14(12-24)11-23-5-3-4-6-23)19(26)13-29-18-10-16(21)15(20)9-17(18)22/h2,9-10,14H,1,3-8,11-13H2/t14-/m0/s1.